The van der Waals surface area contributed by atoms with Crippen molar-refractivity contribution in [3.05, 3.63) is 44.7 Å². The van der Waals surface area contributed by atoms with E-state index in [-0.39, 0.29) is 0 Å². The zero-order chi connectivity index (χ0) is 11.1. The van der Waals surface area contributed by atoms with Gasteiger partial charge in [-0.15, -0.1) is 0 Å². The van der Waals surface area contributed by atoms with Crippen LogP contribution in [0.25, 0.3) is 10.4 Å². The second-order valence-corrected chi connectivity index (χ2v) is 4.23. The van der Waals surface area contributed by atoms with Crippen molar-refractivity contribution in [2.24, 2.45) is 5.11 Å². The minimum absolute atomic E-state index is 0.517. The number of benzene rings is 1. The molecule has 80 valence electrons. The highest BCUT2D eigenvalue weighted by molar-refractivity contribution is 9.10. The third kappa shape index (κ3) is 4.83. The van der Waals surface area contributed by atoms with Gasteiger partial charge < -0.3 is 4.90 Å². The molecule has 0 atom stereocenters. The van der Waals surface area contributed by atoms with Gasteiger partial charge in [-0.05, 0) is 30.3 Å². The molecule has 0 bridgehead atoms. The van der Waals surface area contributed by atoms with Crippen LogP contribution in [0.15, 0.2) is 33.9 Å². The van der Waals surface area contributed by atoms with Crippen LogP contribution in [0.5, 0.6) is 0 Å². The first-order valence-electron chi connectivity index (χ1n) is 4.66. The lowest BCUT2D eigenvalue weighted by atomic mass is 10.2. The minimum atomic E-state index is 0.517. The highest BCUT2D eigenvalue weighted by Crippen LogP contribution is 2.11. The van der Waals surface area contributed by atoms with Crippen LogP contribution >= 0.6 is 15.9 Å². The van der Waals surface area contributed by atoms with Gasteiger partial charge in [-0.3, -0.25) is 0 Å². The van der Waals surface area contributed by atoms with Crippen molar-refractivity contribution in [2.75, 3.05) is 20.1 Å². The van der Waals surface area contributed by atoms with Crippen molar-refractivity contribution in [2.45, 2.75) is 6.54 Å². The fourth-order valence-corrected chi connectivity index (χ4v) is 1.51. The topological polar surface area (TPSA) is 52.0 Å². The summed E-state index contributed by atoms with van der Waals surface area (Å²) in [5.74, 6) is 0. The number of halogens is 1. The zero-order valence-electron chi connectivity index (χ0n) is 8.60. The zero-order valence-corrected chi connectivity index (χ0v) is 10.2. The summed E-state index contributed by atoms with van der Waals surface area (Å²) < 4.78 is 1.09. The van der Waals surface area contributed by atoms with E-state index in [4.69, 9.17) is 5.53 Å². The monoisotopic (exact) mass is 268 g/mol. The predicted octanol–water partition coefficient (Wildman–Crippen LogP) is 3.19. The average Bonchev–Trinajstić information content (AvgIpc) is 2.22. The lowest BCUT2D eigenvalue weighted by Crippen LogP contribution is -2.20. The van der Waals surface area contributed by atoms with E-state index in [1.165, 1.54) is 5.56 Å². The standard InChI is InChI=1S/C10H13BrN4/c1-15(7-6-13-14-12)8-9-2-4-10(11)5-3-9/h2-5H,6-8H2,1H3. The molecule has 0 aliphatic heterocycles. The van der Waals surface area contributed by atoms with Crippen molar-refractivity contribution in [1.29, 1.82) is 0 Å². The van der Waals surface area contributed by atoms with E-state index in [1.54, 1.807) is 0 Å². The maximum Gasteiger partial charge on any atom is 0.0385 e. The Labute approximate surface area is 97.7 Å². The molecule has 1 rings (SSSR count). The molecule has 1 aromatic carbocycles. The van der Waals surface area contributed by atoms with E-state index in [2.05, 4.69) is 43.0 Å². The van der Waals surface area contributed by atoms with Crippen molar-refractivity contribution in [1.82, 2.24) is 4.90 Å². The summed E-state index contributed by atoms with van der Waals surface area (Å²) >= 11 is 3.39. The maximum atomic E-state index is 8.13. The van der Waals surface area contributed by atoms with Crippen molar-refractivity contribution >= 4 is 15.9 Å². The highest BCUT2D eigenvalue weighted by Gasteiger charge is 1.98. The Bertz CT molecular complexity index is 343. The molecule has 5 heteroatoms. The third-order valence-electron chi connectivity index (χ3n) is 2.01. The highest BCUT2D eigenvalue weighted by atomic mass is 79.9. The predicted molar refractivity (Wildman–Crippen MR) is 64.5 cm³/mol. The Morgan fingerprint density at radius 1 is 1.40 bits per heavy atom. The summed E-state index contributed by atoms with van der Waals surface area (Å²) in [6.45, 7) is 2.16. The van der Waals surface area contributed by atoms with Crippen LogP contribution in [0, 0.1) is 0 Å². The molecule has 0 aliphatic carbocycles. The molecule has 0 saturated heterocycles. The van der Waals surface area contributed by atoms with Crippen LogP contribution in [-0.2, 0) is 6.54 Å². The SMILES string of the molecule is CN(CCN=[N+]=[N-])Cc1ccc(Br)cc1. The first-order valence-corrected chi connectivity index (χ1v) is 5.45. The molecular formula is C10H13BrN4. The van der Waals surface area contributed by atoms with Gasteiger partial charge in [0, 0.05) is 29.0 Å². The van der Waals surface area contributed by atoms with Crippen molar-refractivity contribution in [3.63, 3.8) is 0 Å². The lowest BCUT2D eigenvalue weighted by molar-refractivity contribution is 0.336. The summed E-state index contributed by atoms with van der Waals surface area (Å²) in [6, 6.07) is 8.20. The number of likely N-dealkylation sites (N-methyl/N-ethyl adjacent to an activating group) is 1. The smallest absolute Gasteiger partial charge is 0.0385 e. The van der Waals surface area contributed by atoms with Gasteiger partial charge in [-0.2, -0.15) is 0 Å². The molecular weight excluding hydrogens is 256 g/mol. The fourth-order valence-electron chi connectivity index (χ4n) is 1.24. The number of azide groups is 1. The Hall–Kier alpha value is -1.03. The lowest BCUT2D eigenvalue weighted by Gasteiger charge is -2.15. The van der Waals surface area contributed by atoms with E-state index in [0.29, 0.717) is 6.54 Å². The summed E-state index contributed by atoms with van der Waals surface area (Å²) in [7, 11) is 2.01. The van der Waals surface area contributed by atoms with Gasteiger partial charge in [0.15, 0.2) is 0 Å². The van der Waals surface area contributed by atoms with Crippen molar-refractivity contribution in [3.8, 4) is 0 Å². The van der Waals surface area contributed by atoms with Gasteiger partial charge >= 0.3 is 0 Å². The van der Waals surface area contributed by atoms with Gasteiger partial charge in [-0.25, -0.2) is 0 Å². The first kappa shape index (κ1) is 12.0. The molecule has 0 heterocycles. The normalized spacial score (nSPS) is 10.1. The average molecular weight is 269 g/mol. The van der Waals surface area contributed by atoms with Crippen LogP contribution in [0.1, 0.15) is 5.56 Å². The molecule has 0 fully saturated rings. The van der Waals surface area contributed by atoms with E-state index < -0.39 is 0 Å². The van der Waals surface area contributed by atoms with E-state index >= 15 is 0 Å². The number of hydrogen-bond donors (Lipinski definition) is 0. The van der Waals surface area contributed by atoms with Gasteiger partial charge in [-0.1, -0.05) is 33.2 Å². The molecule has 0 amide bonds. The van der Waals surface area contributed by atoms with Gasteiger partial charge in [0.1, 0.15) is 0 Å². The summed E-state index contributed by atoms with van der Waals surface area (Å²) in [5, 5.41) is 3.50. The fraction of sp³-hybridized carbons (Fsp3) is 0.400. The summed E-state index contributed by atoms with van der Waals surface area (Å²) in [6.07, 6.45) is 0. The first-order chi connectivity index (χ1) is 7.22. The molecule has 0 aromatic heterocycles. The Balaban J connectivity index is 2.40. The number of rotatable bonds is 5. The molecule has 0 unspecified atom stereocenters. The molecule has 15 heavy (non-hydrogen) atoms. The van der Waals surface area contributed by atoms with Gasteiger partial charge in [0.2, 0.25) is 0 Å². The summed E-state index contributed by atoms with van der Waals surface area (Å²) in [4.78, 5) is 4.84. The van der Waals surface area contributed by atoms with E-state index in [1.807, 2.05) is 19.2 Å². The second kappa shape index (κ2) is 6.45. The van der Waals surface area contributed by atoms with Crippen LogP contribution in [-0.4, -0.2) is 25.0 Å². The maximum absolute atomic E-state index is 8.13. The number of hydrogen-bond acceptors (Lipinski definition) is 2. The molecule has 0 aliphatic rings. The Kier molecular flexibility index (Phi) is 5.18. The van der Waals surface area contributed by atoms with E-state index in [0.717, 1.165) is 17.6 Å². The molecule has 0 N–H and O–H groups in total. The van der Waals surface area contributed by atoms with Gasteiger partial charge in [0.25, 0.3) is 0 Å². The van der Waals surface area contributed by atoms with Crippen LogP contribution in [0.3, 0.4) is 0 Å². The molecule has 4 nitrogen and oxygen atoms in total. The largest absolute Gasteiger partial charge is 0.302 e. The Morgan fingerprint density at radius 3 is 2.67 bits per heavy atom. The van der Waals surface area contributed by atoms with Crippen LogP contribution in [0.2, 0.25) is 0 Å². The van der Waals surface area contributed by atoms with Crippen LogP contribution in [0.4, 0.5) is 0 Å². The minimum Gasteiger partial charge on any atom is -0.302 e. The Morgan fingerprint density at radius 2 is 2.07 bits per heavy atom. The quantitative estimate of drug-likeness (QED) is 0.460. The number of nitrogens with zero attached hydrogens (tertiary/aromatic N) is 4. The molecule has 0 saturated carbocycles. The molecule has 0 radical (unpaired) electrons. The summed E-state index contributed by atoms with van der Waals surface area (Å²) in [5.41, 5.74) is 9.39. The van der Waals surface area contributed by atoms with Crippen molar-refractivity contribution < 1.29 is 0 Å². The van der Waals surface area contributed by atoms with Gasteiger partial charge in [0.05, 0.1) is 0 Å². The molecule has 1 aromatic rings. The van der Waals surface area contributed by atoms with Crippen LogP contribution < -0.4 is 0 Å². The molecule has 0 spiro atoms. The van der Waals surface area contributed by atoms with E-state index in [9.17, 15) is 0 Å². The third-order valence-corrected chi connectivity index (χ3v) is 2.54. The second-order valence-electron chi connectivity index (χ2n) is 3.32.